The van der Waals surface area contributed by atoms with E-state index in [-0.39, 0.29) is 31.2 Å². The molecule has 3 fully saturated rings. The Morgan fingerprint density at radius 1 is 1.22 bits per heavy atom. The number of ether oxygens (including phenoxy) is 1. The lowest BCUT2D eigenvalue weighted by Gasteiger charge is -2.43. The summed E-state index contributed by atoms with van der Waals surface area (Å²) in [6, 6.07) is 3.91. The Morgan fingerprint density at radius 3 is 2.66 bits per heavy atom. The third-order valence-electron chi connectivity index (χ3n) is 7.26. The van der Waals surface area contributed by atoms with Crippen LogP contribution in [0.5, 0.6) is 5.75 Å². The molecule has 6 atom stereocenters. The average Bonchev–Trinajstić information content (AvgIpc) is 3.20. The minimum absolute atomic E-state index is 0.0519. The van der Waals surface area contributed by atoms with Crippen molar-refractivity contribution in [1.29, 1.82) is 0 Å². The fourth-order valence-corrected chi connectivity index (χ4v) is 5.58. The quantitative estimate of drug-likeness (QED) is 0.432. The van der Waals surface area contributed by atoms with Crippen molar-refractivity contribution in [2.45, 2.75) is 57.3 Å². The van der Waals surface area contributed by atoms with Gasteiger partial charge in [-0.1, -0.05) is 19.4 Å². The standard InChI is InChI=1S/C23H28FNO7/c1-12-9-14-20(22(30)25(21(14)29)8-4-2-3-5-19(27)28)15-11-18(32-23(12,15)31)13-6-7-17(26)16(24)10-13/h6-7,10,12,14-15,18,20,26,31H,2-5,8-9,11H2,1H3,(H,27,28)/t12-,14-,15-,18-,20-,23+/m0/s1. The molecule has 0 bridgehead atoms. The summed E-state index contributed by atoms with van der Waals surface area (Å²) in [5, 5.41) is 29.5. The molecule has 2 heterocycles. The second kappa shape index (κ2) is 8.44. The Morgan fingerprint density at radius 2 is 1.97 bits per heavy atom. The normalized spacial score (nSPS) is 34.0. The number of aliphatic carboxylic acids is 1. The zero-order chi connectivity index (χ0) is 23.2. The number of carbonyl (C=O) groups excluding carboxylic acids is 2. The Bertz CT molecular complexity index is 937. The fourth-order valence-electron chi connectivity index (χ4n) is 5.58. The van der Waals surface area contributed by atoms with Crippen molar-refractivity contribution in [3.05, 3.63) is 29.6 Å². The monoisotopic (exact) mass is 449 g/mol. The van der Waals surface area contributed by atoms with Crippen LogP contribution in [0.1, 0.15) is 57.1 Å². The summed E-state index contributed by atoms with van der Waals surface area (Å²) in [4.78, 5) is 38.1. The van der Waals surface area contributed by atoms with Crippen LogP contribution in [0.4, 0.5) is 4.39 Å². The van der Waals surface area contributed by atoms with Gasteiger partial charge >= 0.3 is 5.97 Å². The van der Waals surface area contributed by atoms with Gasteiger partial charge < -0.3 is 20.1 Å². The van der Waals surface area contributed by atoms with Gasteiger partial charge in [0, 0.05) is 24.8 Å². The van der Waals surface area contributed by atoms with E-state index in [2.05, 4.69) is 0 Å². The molecule has 32 heavy (non-hydrogen) atoms. The average molecular weight is 449 g/mol. The summed E-state index contributed by atoms with van der Waals surface area (Å²) >= 11 is 0. The highest BCUT2D eigenvalue weighted by molar-refractivity contribution is 6.05. The van der Waals surface area contributed by atoms with E-state index >= 15 is 0 Å². The Labute approximate surface area is 185 Å². The predicted octanol–water partition coefficient (Wildman–Crippen LogP) is 2.58. The highest BCUT2D eigenvalue weighted by Gasteiger charge is 2.65. The van der Waals surface area contributed by atoms with E-state index in [9.17, 15) is 29.0 Å². The number of nitrogens with zero attached hydrogens (tertiary/aromatic N) is 1. The van der Waals surface area contributed by atoms with Crippen LogP contribution >= 0.6 is 0 Å². The number of halogens is 1. The molecule has 1 aromatic carbocycles. The number of hydrogen-bond donors (Lipinski definition) is 3. The summed E-state index contributed by atoms with van der Waals surface area (Å²) in [6.45, 7) is 2.02. The van der Waals surface area contributed by atoms with Crippen LogP contribution in [-0.2, 0) is 19.1 Å². The number of phenolic OH excluding ortho intramolecular Hbond substituents is 1. The largest absolute Gasteiger partial charge is 0.505 e. The maximum Gasteiger partial charge on any atom is 0.303 e. The van der Waals surface area contributed by atoms with Gasteiger partial charge in [0.25, 0.3) is 0 Å². The summed E-state index contributed by atoms with van der Waals surface area (Å²) < 4.78 is 19.8. The highest BCUT2D eigenvalue weighted by atomic mass is 19.1. The molecule has 1 aromatic rings. The molecule has 4 rings (SSSR count). The number of phenols is 1. The van der Waals surface area contributed by atoms with Crippen LogP contribution in [-0.4, -0.2) is 50.3 Å². The first-order chi connectivity index (χ1) is 15.1. The molecule has 1 saturated carbocycles. The van der Waals surface area contributed by atoms with Crippen LogP contribution in [0.2, 0.25) is 0 Å². The first-order valence-corrected chi connectivity index (χ1v) is 11.1. The van der Waals surface area contributed by atoms with Gasteiger partial charge in [-0.2, -0.15) is 0 Å². The van der Waals surface area contributed by atoms with Crippen molar-refractivity contribution >= 4 is 17.8 Å². The van der Waals surface area contributed by atoms with Crippen LogP contribution in [0.3, 0.4) is 0 Å². The first-order valence-electron chi connectivity index (χ1n) is 11.1. The van der Waals surface area contributed by atoms with Crippen LogP contribution in [0, 0.1) is 29.5 Å². The molecule has 174 valence electrons. The van der Waals surface area contributed by atoms with Crippen molar-refractivity contribution in [2.75, 3.05) is 6.54 Å². The molecule has 1 aliphatic carbocycles. The number of hydrogen-bond acceptors (Lipinski definition) is 6. The molecule has 0 unspecified atom stereocenters. The van der Waals surface area contributed by atoms with Gasteiger partial charge in [0.1, 0.15) is 0 Å². The molecule has 2 aliphatic heterocycles. The van der Waals surface area contributed by atoms with Crippen LogP contribution in [0.25, 0.3) is 0 Å². The number of unbranched alkanes of at least 4 members (excludes halogenated alkanes) is 2. The molecule has 3 N–H and O–H groups in total. The van der Waals surface area contributed by atoms with E-state index in [0.29, 0.717) is 31.2 Å². The number of carboxylic acid groups (broad SMARTS) is 1. The second-order valence-corrected chi connectivity index (χ2v) is 9.21. The first kappa shape index (κ1) is 22.7. The topological polar surface area (TPSA) is 124 Å². The van der Waals surface area contributed by atoms with Gasteiger partial charge in [0.15, 0.2) is 17.4 Å². The summed E-state index contributed by atoms with van der Waals surface area (Å²) in [6.07, 6.45) is 1.58. The summed E-state index contributed by atoms with van der Waals surface area (Å²) in [5.74, 6) is -6.54. The minimum atomic E-state index is -1.60. The zero-order valence-corrected chi connectivity index (χ0v) is 17.9. The van der Waals surface area contributed by atoms with E-state index in [1.807, 2.05) is 0 Å². The van der Waals surface area contributed by atoms with Crippen molar-refractivity contribution in [3.8, 4) is 5.75 Å². The smallest absolute Gasteiger partial charge is 0.303 e. The van der Waals surface area contributed by atoms with E-state index < -0.39 is 53.1 Å². The summed E-state index contributed by atoms with van der Waals surface area (Å²) in [7, 11) is 0. The van der Waals surface area contributed by atoms with Gasteiger partial charge in [0.2, 0.25) is 11.8 Å². The van der Waals surface area contributed by atoms with E-state index in [1.165, 1.54) is 17.0 Å². The van der Waals surface area contributed by atoms with Gasteiger partial charge in [-0.15, -0.1) is 0 Å². The maximum atomic E-state index is 13.9. The number of carboxylic acids is 1. The lowest BCUT2D eigenvalue weighted by atomic mass is 9.65. The molecular weight excluding hydrogens is 421 g/mol. The number of likely N-dealkylation sites (tertiary alicyclic amines) is 1. The third-order valence-corrected chi connectivity index (χ3v) is 7.26. The molecule has 9 heteroatoms. The highest BCUT2D eigenvalue weighted by Crippen LogP contribution is 2.58. The molecule has 0 radical (unpaired) electrons. The van der Waals surface area contributed by atoms with Crippen molar-refractivity contribution in [2.24, 2.45) is 23.7 Å². The van der Waals surface area contributed by atoms with Crippen molar-refractivity contribution < 1.29 is 38.8 Å². The molecule has 0 aromatic heterocycles. The number of benzene rings is 1. The molecular formula is C23H28FNO7. The van der Waals surface area contributed by atoms with Gasteiger partial charge in [-0.25, -0.2) is 4.39 Å². The number of amides is 2. The number of fused-ring (bicyclic) bond motifs is 3. The Hall–Kier alpha value is -2.52. The second-order valence-electron chi connectivity index (χ2n) is 9.21. The number of aromatic hydroxyl groups is 1. The van der Waals surface area contributed by atoms with Crippen molar-refractivity contribution in [1.82, 2.24) is 4.90 Å². The number of carbonyl (C=O) groups is 3. The van der Waals surface area contributed by atoms with Gasteiger partial charge in [0.05, 0.1) is 17.9 Å². The van der Waals surface area contributed by atoms with Crippen LogP contribution < -0.4 is 0 Å². The Balaban J connectivity index is 1.50. The zero-order valence-electron chi connectivity index (χ0n) is 17.9. The number of imide groups is 1. The molecule has 0 spiro atoms. The van der Waals surface area contributed by atoms with Crippen LogP contribution in [0.15, 0.2) is 18.2 Å². The molecule has 8 nitrogen and oxygen atoms in total. The Kier molecular flexibility index (Phi) is 5.98. The van der Waals surface area contributed by atoms with E-state index in [1.54, 1.807) is 6.92 Å². The number of aliphatic hydroxyl groups is 1. The van der Waals surface area contributed by atoms with Gasteiger partial charge in [-0.3, -0.25) is 19.3 Å². The minimum Gasteiger partial charge on any atom is -0.505 e. The predicted molar refractivity (Wildman–Crippen MR) is 109 cm³/mol. The lowest BCUT2D eigenvalue weighted by Crippen LogP contribution is -2.52. The molecule has 2 amide bonds. The van der Waals surface area contributed by atoms with E-state index in [4.69, 9.17) is 9.84 Å². The van der Waals surface area contributed by atoms with Crippen molar-refractivity contribution in [3.63, 3.8) is 0 Å². The summed E-state index contributed by atoms with van der Waals surface area (Å²) in [5.41, 5.74) is 0.457. The lowest BCUT2D eigenvalue weighted by molar-refractivity contribution is -0.265. The maximum absolute atomic E-state index is 13.9. The third kappa shape index (κ3) is 3.77. The number of rotatable bonds is 7. The molecule has 2 saturated heterocycles. The van der Waals surface area contributed by atoms with Gasteiger partial charge in [-0.05, 0) is 43.4 Å². The SMILES string of the molecule is C[C@H]1C[C@@H]2C(=O)N(CCCCCC(=O)O)C(=O)[C@@H]2[C@@H]2C[C@@H](c3ccc(O)c(F)c3)O[C@]12O. The van der Waals surface area contributed by atoms with E-state index in [0.717, 1.165) is 6.07 Å². The fraction of sp³-hybridized carbons (Fsp3) is 0.609. The molecule has 3 aliphatic rings.